The molecule has 0 aliphatic rings. The highest BCUT2D eigenvalue weighted by Crippen LogP contribution is 2.11. The van der Waals surface area contributed by atoms with Crippen LogP contribution in [0.15, 0.2) is 18.2 Å². The van der Waals surface area contributed by atoms with Gasteiger partial charge in [0.25, 0.3) is 0 Å². The van der Waals surface area contributed by atoms with E-state index in [9.17, 15) is 9.59 Å². The molecule has 21 heavy (non-hydrogen) atoms. The summed E-state index contributed by atoms with van der Waals surface area (Å²) in [5.41, 5.74) is 1.89. The predicted molar refractivity (Wildman–Crippen MR) is 82.3 cm³/mol. The summed E-state index contributed by atoms with van der Waals surface area (Å²) in [6.45, 7) is 9.04. The van der Waals surface area contributed by atoms with Crippen LogP contribution in [0.4, 0.5) is 4.79 Å². The SMILES string of the molecule is CC(=O)c1ccc(C#CCNC(=O)OC(C)(C)C)cc1C. The molecule has 0 saturated heterocycles. The van der Waals surface area contributed by atoms with Gasteiger partial charge in [-0.2, -0.15) is 0 Å². The van der Waals surface area contributed by atoms with Crippen LogP contribution in [-0.2, 0) is 4.74 Å². The van der Waals surface area contributed by atoms with Gasteiger partial charge in [-0.05, 0) is 58.4 Å². The van der Waals surface area contributed by atoms with E-state index in [0.29, 0.717) is 5.56 Å². The molecular formula is C17H21NO3. The van der Waals surface area contributed by atoms with Gasteiger partial charge in [0.15, 0.2) is 5.78 Å². The lowest BCUT2D eigenvalue weighted by Gasteiger charge is -2.19. The van der Waals surface area contributed by atoms with Crippen LogP contribution in [0.5, 0.6) is 0 Å². The van der Waals surface area contributed by atoms with Gasteiger partial charge in [0, 0.05) is 11.1 Å². The molecule has 0 radical (unpaired) electrons. The highest BCUT2D eigenvalue weighted by atomic mass is 16.6. The molecule has 0 bridgehead atoms. The Hall–Kier alpha value is -2.28. The van der Waals surface area contributed by atoms with Crippen molar-refractivity contribution in [1.29, 1.82) is 0 Å². The Morgan fingerprint density at radius 3 is 2.48 bits per heavy atom. The van der Waals surface area contributed by atoms with Crippen molar-refractivity contribution in [2.24, 2.45) is 0 Å². The van der Waals surface area contributed by atoms with Crippen molar-refractivity contribution >= 4 is 11.9 Å². The van der Waals surface area contributed by atoms with E-state index in [1.54, 1.807) is 39.8 Å². The number of hydrogen-bond donors (Lipinski definition) is 1. The summed E-state index contributed by atoms with van der Waals surface area (Å²) >= 11 is 0. The third-order valence-electron chi connectivity index (χ3n) is 2.56. The number of rotatable bonds is 2. The molecule has 0 aliphatic carbocycles. The Bertz CT molecular complexity index is 601. The number of carbonyl (C=O) groups is 2. The van der Waals surface area contributed by atoms with Gasteiger partial charge in [0.2, 0.25) is 0 Å². The molecular weight excluding hydrogens is 266 g/mol. The standard InChI is InChI=1S/C17H21NO3/c1-12-11-14(8-9-15(12)13(2)19)7-6-10-18-16(20)21-17(3,4)5/h8-9,11H,10H2,1-5H3,(H,18,20). The second-order valence-corrected chi connectivity index (χ2v) is 5.74. The monoisotopic (exact) mass is 287 g/mol. The highest BCUT2D eigenvalue weighted by Gasteiger charge is 2.14. The molecule has 1 aromatic rings. The van der Waals surface area contributed by atoms with Crippen LogP contribution in [0.25, 0.3) is 0 Å². The summed E-state index contributed by atoms with van der Waals surface area (Å²) in [7, 11) is 0. The first kappa shape index (κ1) is 16.8. The van der Waals surface area contributed by atoms with Gasteiger partial charge in [0.1, 0.15) is 5.60 Å². The zero-order chi connectivity index (χ0) is 16.0. The Morgan fingerprint density at radius 1 is 1.29 bits per heavy atom. The molecule has 0 aromatic heterocycles. The van der Waals surface area contributed by atoms with Crippen LogP contribution in [0.3, 0.4) is 0 Å². The third-order valence-corrected chi connectivity index (χ3v) is 2.56. The number of alkyl carbamates (subject to hydrolysis) is 1. The van der Waals surface area contributed by atoms with E-state index in [1.807, 2.05) is 13.0 Å². The predicted octanol–water partition coefficient (Wildman–Crippen LogP) is 3.07. The molecule has 1 rings (SSSR count). The molecule has 112 valence electrons. The van der Waals surface area contributed by atoms with Gasteiger partial charge in [-0.25, -0.2) is 4.79 Å². The quantitative estimate of drug-likeness (QED) is 0.672. The number of hydrogen-bond acceptors (Lipinski definition) is 3. The van der Waals surface area contributed by atoms with E-state index >= 15 is 0 Å². The maximum Gasteiger partial charge on any atom is 0.408 e. The zero-order valence-electron chi connectivity index (χ0n) is 13.2. The molecule has 0 saturated carbocycles. The lowest BCUT2D eigenvalue weighted by Crippen LogP contribution is -2.32. The first-order valence-corrected chi connectivity index (χ1v) is 6.76. The molecule has 0 atom stereocenters. The van der Waals surface area contributed by atoms with E-state index in [4.69, 9.17) is 4.74 Å². The van der Waals surface area contributed by atoms with Crippen molar-refractivity contribution in [3.63, 3.8) is 0 Å². The van der Waals surface area contributed by atoms with E-state index < -0.39 is 11.7 Å². The van der Waals surface area contributed by atoms with Gasteiger partial charge in [-0.3, -0.25) is 4.79 Å². The van der Waals surface area contributed by atoms with E-state index in [2.05, 4.69) is 17.2 Å². The number of ether oxygens (including phenoxy) is 1. The van der Waals surface area contributed by atoms with Crippen LogP contribution in [0, 0.1) is 18.8 Å². The second kappa shape index (κ2) is 6.94. The van der Waals surface area contributed by atoms with Crippen molar-refractivity contribution in [1.82, 2.24) is 5.32 Å². The Labute approximate surface area is 125 Å². The first-order valence-electron chi connectivity index (χ1n) is 6.76. The molecule has 1 aromatic carbocycles. The minimum absolute atomic E-state index is 0.0404. The number of benzene rings is 1. The molecule has 4 nitrogen and oxygen atoms in total. The lowest BCUT2D eigenvalue weighted by atomic mass is 10.0. The minimum Gasteiger partial charge on any atom is -0.444 e. The van der Waals surface area contributed by atoms with Crippen LogP contribution in [0.2, 0.25) is 0 Å². The Morgan fingerprint density at radius 2 is 1.95 bits per heavy atom. The zero-order valence-corrected chi connectivity index (χ0v) is 13.2. The maximum absolute atomic E-state index is 11.4. The summed E-state index contributed by atoms with van der Waals surface area (Å²) in [4.78, 5) is 22.7. The minimum atomic E-state index is -0.517. The van der Waals surface area contributed by atoms with Crippen molar-refractivity contribution in [2.75, 3.05) is 6.54 Å². The fourth-order valence-corrected chi connectivity index (χ4v) is 1.71. The van der Waals surface area contributed by atoms with Crippen LogP contribution < -0.4 is 5.32 Å². The van der Waals surface area contributed by atoms with Crippen molar-refractivity contribution in [2.45, 2.75) is 40.2 Å². The summed E-state index contributed by atoms with van der Waals surface area (Å²) in [5.74, 6) is 5.83. The number of nitrogens with one attached hydrogen (secondary N) is 1. The van der Waals surface area contributed by atoms with Gasteiger partial charge < -0.3 is 10.1 Å². The number of ketones is 1. The molecule has 0 unspecified atom stereocenters. The smallest absolute Gasteiger partial charge is 0.408 e. The van der Waals surface area contributed by atoms with E-state index in [0.717, 1.165) is 11.1 Å². The third kappa shape index (κ3) is 6.13. The van der Waals surface area contributed by atoms with Crippen molar-refractivity contribution in [3.8, 4) is 11.8 Å². The number of amides is 1. The Kier molecular flexibility index (Phi) is 5.54. The molecule has 0 spiro atoms. The molecule has 1 N–H and O–H groups in total. The van der Waals surface area contributed by atoms with Crippen molar-refractivity contribution < 1.29 is 14.3 Å². The number of carbonyl (C=O) groups excluding carboxylic acids is 2. The highest BCUT2D eigenvalue weighted by molar-refractivity contribution is 5.95. The fraction of sp³-hybridized carbons (Fsp3) is 0.412. The van der Waals surface area contributed by atoms with E-state index in [1.165, 1.54) is 0 Å². The maximum atomic E-state index is 11.4. The topological polar surface area (TPSA) is 55.4 Å². The van der Waals surface area contributed by atoms with Crippen LogP contribution in [-0.4, -0.2) is 24.0 Å². The largest absolute Gasteiger partial charge is 0.444 e. The fourth-order valence-electron chi connectivity index (χ4n) is 1.71. The van der Waals surface area contributed by atoms with Gasteiger partial charge in [-0.15, -0.1) is 0 Å². The Balaban J connectivity index is 2.58. The van der Waals surface area contributed by atoms with Gasteiger partial charge in [0.05, 0.1) is 6.54 Å². The van der Waals surface area contributed by atoms with Gasteiger partial charge >= 0.3 is 6.09 Å². The second-order valence-electron chi connectivity index (χ2n) is 5.74. The van der Waals surface area contributed by atoms with Crippen LogP contribution in [0.1, 0.15) is 49.2 Å². The molecule has 0 fully saturated rings. The average Bonchev–Trinajstić information content (AvgIpc) is 2.32. The summed E-state index contributed by atoms with van der Waals surface area (Å²) in [5, 5.41) is 2.56. The summed E-state index contributed by atoms with van der Waals surface area (Å²) < 4.78 is 5.10. The lowest BCUT2D eigenvalue weighted by molar-refractivity contribution is 0.0535. The van der Waals surface area contributed by atoms with Crippen LogP contribution >= 0.6 is 0 Å². The average molecular weight is 287 g/mol. The number of aryl methyl sites for hydroxylation is 1. The first-order chi connectivity index (χ1) is 9.69. The molecule has 1 amide bonds. The summed E-state index contributed by atoms with van der Waals surface area (Å²) in [6, 6.07) is 5.42. The molecule has 0 heterocycles. The van der Waals surface area contributed by atoms with E-state index in [-0.39, 0.29) is 12.3 Å². The molecule has 4 heteroatoms. The normalized spacial score (nSPS) is 10.3. The van der Waals surface area contributed by atoms with Crippen molar-refractivity contribution in [3.05, 3.63) is 34.9 Å². The van der Waals surface area contributed by atoms with Gasteiger partial charge in [-0.1, -0.05) is 11.8 Å². The number of Topliss-reactive ketones (excluding diaryl/α,β-unsaturated/α-hetero) is 1. The summed E-state index contributed by atoms with van der Waals surface area (Å²) in [6.07, 6.45) is -0.486. The molecule has 0 aliphatic heterocycles.